The van der Waals surface area contributed by atoms with Gasteiger partial charge in [0.1, 0.15) is 0 Å². The van der Waals surface area contributed by atoms with Gasteiger partial charge in [0.15, 0.2) is 0 Å². The maximum Gasteiger partial charge on any atom is 0.337 e. The van der Waals surface area contributed by atoms with Crippen LogP contribution in [0.1, 0.15) is 23.2 Å². The fourth-order valence-electron chi connectivity index (χ4n) is 2.59. The molecular weight excluding hydrogens is 258 g/mol. The number of rotatable bonds is 3. The van der Waals surface area contributed by atoms with Crippen LogP contribution in [0.2, 0.25) is 0 Å². The monoisotopic (exact) mass is 277 g/mol. The van der Waals surface area contributed by atoms with E-state index in [0.29, 0.717) is 24.5 Å². The molecule has 0 spiro atoms. The Labute approximate surface area is 117 Å². The summed E-state index contributed by atoms with van der Waals surface area (Å²) in [4.78, 5) is 24.9. The van der Waals surface area contributed by atoms with Gasteiger partial charge in [-0.15, -0.1) is 0 Å². The largest absolute Gasteiger partial charge is 0.478 e. The Morgan fingerprint density at radius 1 is 1.35 bits per heavy atom. The summed E-state index contributed by atoms with van der Waals surface area (Å²) in [5.74, 6) is -0.917. The molecule has 0 unspecified atom stereocenters. The molecule has 1 aliphatic rings. The molecule has 1 aliphatic heterocycles. The number of hydrogen-bond acceptors (Lipinski definition) is 4. The molecule has 6 heteroatoms. The molecule has 20 heavy (non-hydrogen) atoms. The predicted molar refractivity (Wildman–Crippen MR) is 76.8 cm³/mol. The summed E-state index contributed by atoms with van der Waals surface area (Å²) in [5.41, 5.74) is 6.96. The zero-order chi connectivity index (χ0) is 14.7. The van der Waals surface area contributed by atoms with Crippen LogP contribution in [0.3, 0.4) is 0 Å². The number of carbonyl (C=O) groups excluding carboxylic acids is 1. The minimum atomic E-state index is -0.985. The van der Waals surface area contributed by atoms with E-state index >= 15 is 0 Å². The summed E-state index contributed by atoms with van der Waals surface area (Å²) in [5, 5.41) is 11.9. The van der Waals surface area contributed by atoms with Crippen LogP contribution < -0.4 is 16.0 Å². The molecule has 0 bridgehead atoms. The summed E-state index contributed by atoms with van der Waals surface area (Å²) >= 11 is 0. The molecule has 0 atom stereocenters. The van der Waals surface area contributed by atoms with Crippen LogP contribution >= 0.6 is 0 Å². The number of nitrogen functional groups attached to an aromatic ring is 1. The number of carbonyl (C=O) groups is 2. The Kier molecular flexibility index (Phi) is 4.12. The highest BCUT2D eigenvalue weighted by atomic mass is 16.4. The fourth-order valence-corrected chi connectivity index (χ4v) is 2.59. The molecule has 0 saturated carbocycles. The highest BCUT2D eigenvalue weighted by Crippen LogP contribution is 2.28. The number of nitrogens with zero attached hydrogens (tertiary/aromatic N) is 1. The van der Waals surface area contributed by atoms with E-state index in [-0.39, 0.29) is 17.4 Å². The first kappa shape index (κ1) is 14.2. The number of benzene rings is 1. The van der Waals surface area contributed by atoms with E-state index in [2.05, 4.69) is 5.32 Å². The molecule has 1 saturated heterocycles. The lowest BCUT2D eigenvalue weighted by atomic mass is 9.95. The number of piperidine rings is 1. The fraction of sp³-hybridized carbons (Fsp3) is 0.429. The zero-order valence-electron chi connectivity index (χ0n) is 11.4. The highest BCUT2D eigenvalue weighted by Gasteiger charge is 2.26. The Morgan fingerprint density at radius 3 is 2.55 bits per heavy atom. The first-order valence-electron chi connectivity index (χ1n) is 6.62. The molecule has 1 heterocycles. The van der Waals surface area contributed by atoms with Gasteiger partial charge in [0, 0.05) is 31.7 Å². The van der Waals surface area contributed by atoms with Crippen molar-refractivity contribution in [2.45, 2.75) is 12.8 Å². The van der Waals surface area contributed by atoms with Crippen molar-refractivity contribution in [3.05, 3.63) is 23.8 Å². The van der Waals surface area contributed by atoms with Crippen LogP contribution in [0.25, 0.3) is 0 Å². The SMILES string of the molecule is CNC(=O)C1CCN(c2ccc(N)cc2C(=O)O)CC1. The number of carboxylic acid groups (broad SMARTS) is 1. The third-order valence-corrected chi connectivity index (χ3v) is 3.70. The molecule has 1 aromatic carbocycles. The summed E-state index contributed by atoms with van der Waals surface area (Å²) in [6.07, 6.45) is 1.45. The van der Waals surface area contributed by atoms with Crippen molar-refractivity contribution >= 4 is 23.3 Å². The molecule has 0 aliphatic carbocycles. The Hall–Kier alpha value is -2.24. The van der Waals surface area contributed by atoms with Crippen molar-refractivity contribution in [3.63, 3.8) is 0 Å². The van der Waals surface area contributed by atoms with E-state index in [9.17, 15) is 14.7 Å². The summed E-state index contributed by atoms with van der Waals surface area (Å²) in [6.45, 7) is 1.34. The van der Waals surface area contributed by atoms with Crippen LogP contribution in [0.5, 0.6) is 0 Å². The van der Waals surface area contributed by atoms with Gasteiger partial charge < -0.3 is 21.1 Å². The van der Waals surface area contributed by atoms with Gasteiger partial charge in [-0.05, 0) is 31.0 Å². The van der Waals surface area contributed by atoms with Gasteiger partial charge in [-0.2, -0.15) is 0 Å². The second-order valence-corrected chi connectivity index (χ2v) is 4.96. The van der Waals surface area contributed by atoms with E-state index in [0.717, 1.165) is 12.8 Å². The topological polar surface area (TPSA) is 95.7 Å². The third kappa shape index (κ3) is 2.84. The maximum absolute atomic E-state index is 11.6. The lowest BCUT2D eigenvalue weighted by Gasteiger charge is -2.33. The standard InChI is InChI=1S/C14H19N3O3/c1-16-13(18)9-4-6-17(7-5-9)12-3-2-10(15)8-11(12)14(19)20/h2-3,8-9H,4-7,15H2,1H3,(H,16,18)(H,19,20). The molecule has 1 amide bonds. The van der Waals surface area contributed by atoms with E-state index in [4.69, 9.17) is 5.73 Å². The average Bonchev–Trinajstić information content (AvgIpc) is 2.46. The Balaban J connectivity index is 2.15. The van der Waals surface area contributed by atoms with Crippen molar-refractivity contribution in [3.8, 4) is 0 Å². The molecule has 0 radical (unpaired) electrons. The third-order valence-electron chi connectivity index (χ3n) is 3.70. The molecular formula is C14H19N3O3. The van der Waals surface area contributed by atoms with Gasteiger partial charge in [-0.25, -0.2) is 4.79 Å². The number of carboxylic acids is 1. The van der Waals surface area contributed by atoms with Crippen molar-refractivity contribution in [2.75, 3.05) is 30.8 Å². The molecule has 2 rings (SSSR count). The number of amides is 1. The minimum Gasteiger partial charge on any atom is -0.478 e. The quantitative estimate of drug-likeness (QED) is 0.714. The van der Waals surface area contributed by atoms with Crippen LogP contribution in [0.15, 0.2) is 18.2 Å². The lowest BCUT2D eigenvalue weighted by Crippen LogP contribution is -2.40. The van der Waals surface area contributed by atoms with E-state index in [1.807, 2.05) is 4.90 Å². The van der Waals surface area contributed by atoms with Gasteiger partial charge in [-0.1, -0.05) is 0 Å². The van der Waals surface area contributed by atoms with E-state index < -0.39 is 5.97 Å². The second kappa shape index (κ2) is 5.81. The summed E-state index contributed by atoms with van der Waals surface area (Å²) < 4.78 is 0. The summed E-state index contributed by atoms with van der Waals surface area (Å²) in [7, 11) is 1.64. The van der Waals surface area contributed by atoms with Gasteiger partial charge in [0.2, 0.25) is 5.91 Å². The van der Waals surface area contributed by atoms with Crippen LogP contribution in [-0.4, -0.2) is 37.1 Å². The Morgan fingerprint density at radius 2 is 2.00 bits per heavy atom. The van der Waals surface area contributed by atoms with Crippen LogP contribution in [0, 0.1) is 5.92 Å². The van der Waals surface area contributed by atoms with Gasteiger partial charge in [-0.3, -0.25) is 4.79 Å². The molecule has 1 fully saturated rings. The molecule has 1 aromatic rings. The smallest absolute Gasteiger partial charge is 0.337 e. The van der Waals surface area contributed by atoms with Gasteiger partial charge >= 0.3 is 5.97 Å². The number of aromatic carboxylic acids is 1. The number of nitrogens with two attached hydrogens (primary N) is 1. The van der Waals surface area contributed by atoms with Crippen LogP contribution in [-0.2, 0) is 4.79 Å². The Bertz CT molecular complexity index is 522. The molecule has 6 nitrogen and oxygen atoms in total. The normalized spacial score (nSPS) is 15.9. The number of hydrogen-bond donors (Lipinski definition) is 3. The van der Waals surface area contributed by atoms with E-state index in [1.54, 1.807) is 19.2 Å². The predicted octanol–water partition coefficient (Wildman–Crippen LogP) is 0.929. The number of anilines is 2. The van der Waals surface area contributed by atoms with Crippen molar-refractivity contribution in [1.82, 2.24) is 5.32 Å². The first-order valence-corrected chi connectivity index (χ1v) is 6.62. The van der Waals surface area contributed by atoms with Crippen molar-refractivity contribution in [2.24, 2.45) is 5.92 Å². The van der Waals surface area contributed by atoms with Gasteiger partial charge in [0.05, 0.1) is 11.3 Å². The second-order valence-electron chi connectivity index (χ2n) is 4.96. The first-order chi connectivity index (χ1) is 9.52. The van der Waals surface area contributed by atoms with Gasteiger partial charge in [0.25, 0.3) is 0 Å². The van der Waals surface area contributed by atoms with Crippen molar-refractivity contribution < 1.29 is 14.7 Å². The van der Waals surface area contributed by atoms with E-state index in [1.165, 1.54) is 6.07 Å². The lowest BCUT2D eigenvalue weighted by molar-refractivity contribution is -0.125. The summed E-state index contributed by atoms with van der Waals surface area (Å²) in [6, 6.07) is 4.91. The highest BCUT2D eigenvalue weighted by molar-refractivity contribution is 5.95. The molecule has 108 valence electrons. The maximum atomic E-state index is 11.6. The minimum absolute atomic E-state index is 0.0123. The van der Waals surface area contributed by atoms with Crippen LogP contribution in [0.4, 0.5) is 11.4 Å². The molecule has 0 aromatic heterocycles. The zero-order valence-corrected chi connectivity index (χ0v) is 11.4. The average molecular weight is 277 g/mol. The number of nitrogens with one attached hydrogen (secondary N) is 1. The molecule has 4 N–H and O–H groups in total. The van der Waals surface area contributed by atoms with Crippen molar-refractivity contribution in [1.29, 1.82) is 0 Å².